The zero-order chi connectivity index (χ0) is 13.2. The van der Waals surface area contributed by atoms with Crippen LogP contribution in [0.2, 0.25) is 0 Å². The lowest BCUT2D eigenvalue weighted by molar-refractivity contribution is -0.385. The topological polar surface area (TPSA) is 78.4 Å². The van der Waals surface area contributed by atoms with Crippen molar-refractivity contribution in [3.63, 3.8) is 0 Å². The lowest BCUT2D eigenvalue weighted by Crippen LogP contribution is -2.42. The van der Waals surface area contributed by atoms with Gasteiger partial charge in [-0.25, -0.2) is 0 Å². The van der Waals surface area contributed by atoms with Crippen molar-refractivity contribution >= 4 is 5.69 Å². The number of ether oxygens (including phenoxy) is 1. The molecular formula is C13H18N2O3. The van der Waals surface area contributed by atoms with Gasteiger partial charge in [0.05, 0.1) is 16.0 Å². The summed E-state index contributed by atoms with van der Waals surface area (Å²) in [6, 6.07) is 4.87. The molecule has 0 radical (unpaired) electrons. The van der Waals surface area contributed by atoms with Gasteiger partial charge in [0.15, 0.2) is 0 Å². The van der Waals surface area contributed by atoms with E-state index >= 15 is 0 Å². The molecule has 0 unspecified atom stereocenters. The van der Waals surface area contributed by atoms with E-state index in [1.165, 1.54) is 6.07 Å². The van der Waals surface area contributed by atoms with Crippen molar-refractivity contribution in [1.29, 1.82) is 0 Å². The van der Waals surface area contributed by atoms with Crippen molar-refractivity contribution in [3.8, 4) is 5.75 Å². The van der Waals surface area contributed by atoms with Gasteiger partial charge >= 0.3 is 0 Å². The van der Waals surface area contributed by atoms with Crippen molar-refractivity contribution in [1.82, 2.24) is 0 Å². The van der Waals surface area contributed by atoms with Crippen molar-refractivity contribution in [2.24, 2.45) is 5.73 Å². The van der Waals surface area contributed by atoms with Crippen LogP contribution in [0.1, 0.15) is 31.2 Å². The first kappa shape index (κ1) is 12.8. The average molecular weight is 250 g/mol. The Morgan fingerprint density at radius 2 is 2.11 bits per heavy atom. The second-order valence-corrected chi connectivity index (χ2v) is 5.02. The SMILES string of the molecule is Cc1c(OCC2(N)CCCC2)cccc1[N+](=O)[O-]. The summed E-state index contributed by atoms with van der Waals surface area (Å²) in [4.78, 5) is 10.4. The van der Waals surface area contributed by atoms with E-state index in [0.717, 1.165) is 25.7 Å². The zero-order valence-corrected chi connectivity index (χ0v) is 10.5. The van der Waals surface area contributed by atoms with Gasteiger partial charge in [0.25, 0.3) is 5.69 Å². The molecule has 0 aromatic heterocycles. The number of nitrogens with two attached hydrogens (primary N) is 1. The molecule has 1 aliphatic rings. The Balaban J connectivity index is 2.10. The van der Waals surface area contributed by atoms with Gasteiger partial charge in [-0.05, 0) is 25.8 Å². The molecule has 1 saturated carbocycles. The third kappa shape index (κ3) is 2.61. The Labute approximate surface area is 106 Å². The first-order valence-corrected chi connectivity index (χ1v) is 6.17. The highest BCUT2D eigenvalue weighted by molar-refractivity contribution is 5.48. The Kier molecular flexibility index (Phi) is 3.52. The number of nitrogens with zero attached hydrogens (tertiary/aromatic N) is 1. The molecule has 1 fully saturated rings. The predicted octanol–water partition coefficient (Wildman–Crippen LogP) is 2.55. The maximum Gasteiger partial charge on any atom is 0.276 e. The van der Waals surface area contributed by atoms with Gasteiger partial charge < -0.3 is 10.5 Å². The maximum atomic E-state index is 10.8. The van der Waals surface area contributed by atoms with Crippen LogP contribution >= 0.6 is 0 Å². The van der Waals surface area contributed by atoms with E-state index in [1.54, 1.807) is 19.1 Å². The standard InChI is InChI=1S/C13H18N2O3/c1-10-11(15(16)17)5-4-6-12(10)18-9-13(14)7-2-3-8-13/h4-6H,2-3,7-9,14H2,1H3. The van der Waals surface area contributed by atoms with E-state index in [9.17, 15) is 10.1 Å². The van der Waals surface area contributed by atoms with Crippen molar-refractivity contribution in [3.05, 3.63) is 33.9 Å². The molecule has 5 heteroatoms. The van der Waals surface area contributed by atoms with Gasteiger partial charge in [-0.15, -0.1) is 0 Å². The summed E-state index contributed by atoms with van der Waals surface area (Å²) in [5, 5.41) is 10.8. The first-order valence-electron chi connectivity index (χ1n) is 6.17. The first-order chi connectivity index (χ1) is 8.52. The summed E-state index contributed by atoms with van der Waals surface area (Å²) in [5.41, 5.74) is 6.58. The van der Waals surface area contributed by atoms with Crippen LogP contribution in [-0.2, 0) is 0 Å². The van der Waals surface area contributed by atoms with E-state index in [4.69, 9.17) is 10.5 Å². The quantitative estimate of drug-likeness (QED) is 0.658. The molecule has 0 atom stereocenters. The van der Waals surface area contributed by atoms with Crippen LogP contribution in [0.5, 0.6) is 5.75 Å². The molecule has 98 valence electrons. The molecule has 1 aliphatic carbocycles. The summed E-state index contributed by atoms with van der Waals surface area (Å²) in [7, 11) is 0. The highest BCUT2D eigenvalue weighted by atomic mass is 16.6. The fourth-order valence-electron chi connectivity index (χ4n) is 2.40. The van der Waals surface area contributed by atoms with Crippen LogP contribution in [0.4, 0.5) is 5.69 Å². The molecule has 18 heavy (non-hydrogen) atoms. The molecule has 0 saturated heterocycles. The van der Waals surface area contributed by atoms with Crippen LogP contribution in [0, 0.1) is 17.0 Å². The molecule has 1 aromatic carbocycles. The molecule has 1 aromatic rings. The van der Waals surface area contributed by atoms with Crippen molar-refractivity contribution in [2.45, 2.75) is 38.1 Å². The minimum absolute atomic E-state index is 0.0880. The summed E-state index contributed by atoms with van der Waals surface area (Å²) in [5.74, 6) is 0.556. The molecule has 0 amide bonds. The number of nitro groups is 1. The van der Waals surface area contributed by atoms with Gasteiger partial charge in [0.1, 0.15) is 12.4 Å². The Morgan fingerprint density at radius 1 is 1.44 bits per heavy atom. The summed E-state index contributed by atoms with van der Waals surface area (Å²) in [6.45, 7) is 2.13. The minimum Gasteiger partial charge on any atom is -0.491 e. The van der Waals surface area contributed by atoms with Crippen LogP contribution in [-0.4, -0.2) is 17.1 Å². The predicted molar refractivity (Wildman–Crippen MR) is 68.7 cm³/mol. The number of benzene rings is 1. The Morgan fingerprint density at radius 3 is 2.72 bits per heavy atom. The smallest absolute Gasteiger partial charge is 0.276 e. The zero-order valence-electron chi connectivity index (χ0n) is 10.5. The molecule has 0 bridgehead atoms. The third-order valence-corrected chi connectivity index (χ3v) is 3.57. The average Bonchev–Trinajstić information content (AvgIpc) is 2.75. The summed E-state index contributed by atoms with van der Waals surface area (Å²) in [6.07, 6.45) is 4.18. The maximum absolute atomic E-state index is 10.8. The molecular weight excluding hydrogens is 232 g/mol. The van der Waals surface area contributed by atoms with Crippen LogP contribution in [0.15, 0.2) is 18.2 Å². The number of hydrogen-bond donors (Lipinski definition) is 1. The molecule has 2 rings (SSSR count). The molecule has 2 N–H and O–H groups in total. The highest BCUT2D eigenvalue weighted by Gasteiger charge is 2.30. The normalized spacial score (nSPS) is 17.7. The second kappa shape index (κ2) is 4.94. The van der Waals surface area contributed by atoms with Crippen molar-refractivity contribution in [2.75, 3.05) is 6.61 Å². The molecule has 0 spiro atoms. The second-order valence-electron chi connectivity index (χ2n) is 5.02. The van der Waals surface area contributed by atoms with Gasteiger partial charge in [-0.3, -0.25) is 10.1 Å². The van der Waals surface area contributed by atoms with E-state index in [1.807, 2.05) is 0 Å². The van der Waals surface area contributed by atoms with Crippen LogP contribution in [0.25, 0.3) is 0 Å². The lowest BCUT2D eigenvalue weighted by atomic mass is 10.0. The van der Waals surface area contributed by atoms with Gasteiger partial charge in [0.2, 0.25) is 0 Å². The lowest BCUT2D eigenvalue weighted by Gasteiger charge is -2.24. The van der Waals surface area contributed by atoms with E-state index in [2.05, 4.69) is 0 Å². The van der Waals surface area contributed by atoms with Crippen LogP contribution < -0.4 is 10.5 Å². The fourth-order valence-corrected chi connectivity index (χ4v) is 2.40. The third-order valence-electron chi connectivity index (χ3n) is 3.57. The fraction of sp³-hybridized carbons (Fsp3) is 0.538. The number of rotatable bonds is 4. The van der Waals surface area contributed by atoms with E-state index in [0.29, 0.717) is 17.9 Å². The molecule has 0 heterocycles. The molecule has 5 nitrogen and oxygen atoms in total. The van der Waals surface area contributed by atoms with Crippen LogP contribution in [0.3, 0.4) is 0 Å². The largest absolute Gasteiger partial charge is 0.491 e. The van der Waals surface area contributed by atoms with Gasteiger partial charge in [-0.2, -0.15) is 0 Å². The summed E-state index contributed by atoms with van der Waals surface area (Å²) < 4.78 is 5.69. The summed E-state index contributed by atoms with van der Waals surface area (Å²) >= 11 is 0. The number of hydrogen-bond acceptors (Lipinski definition) is 4. The Bertz CT molecular complexity index is 454. The van der Waals surface area contributed by atoms with E-state index < -0.39 is 4.92 Å². The molecule has 0 aliphatic heterocycles. The van der Waals surface area contributed by atoms with Gasteiger partial charge in [0, 0.05) is 6.07 Å². The highest BCUT2D eigenvalue weighted by Crippen LogP contribution is 2.31. The minimum atomic E-state index is -0.393. The van der Waals surface area contributed by atoms with E-state index in [-0.39, 0.29) is 11.2 Å². The Hall–Kier alpha value is -1.62. The van der Waals surface area contributed by atoms with Crippen molar-refractivity contribution < 1.29 is 9.66 Å². The monoisotopic (exact) mass is 250 g/mol. The van der Waals surface area contributed by atoms with Gasteiger partial charge in [-0.1, -0.05) is 18.9 Å². The number of nitro benzene ring substituents is 1.